The van der Waals surface area contributed by atoms with Gasteiger partial charge in [0.1, 0.15) is 5.82 Å². The summed E-state index contributed by atoms with van der Waals surface area (Å²) in [6.07, 6.45) is 0.678. The van der Waals surface area contributed by atoms with Gasteiger partial charge in [0.2, 0.25) is 10.0 Å². The smallest absolute Gasteiger partial charge is 0.241 e. The van der Waals surface area contributed by atoms with Crippen LogP contribution in [0, 0.1) is 12.7 Å². The van der Waals surface area contributed by atoms with Crippen LogP contribution in [0.15, 0.2) is 17.0 Å². The minimum Gasteiger partial charge on any atom is -0.313 e. The highest BCUT2D eigenvalue weighted by molar-refractivity contribution is 7.89. The van der Waals surface area contributed by atoms with Crippen LogP contribution >= 0.6 is 0 Å². The Labute approximate surface area is 120 Å². The minimum absolute atomic E-state index is 0.0192. The molecular weight excluding hydrogens is 279 g/mol. The molecule has 20 heavy (non-hydrogen) atoms. The molecule has 1 aromatic carbocycles. The predicted molar refractivity (Wildman–Crippen MR) is 78.6 cm³/mol. The van der Waals surface area contributed by atoms with Crippen molar-refractivity contribution in [3.8, 4) is 0 Å². The van der Waals surface area contributed by atoms with Crippen molar-refractivity contribution in [3.63, 3.8) is 0 Å². The molecule has 0 heterocycles. The van der Waals surface area contributed by atoms with Crippen LogP contribution in [0.2, 0.25) is 0 Å². The molecular formula is C14H23FN2O2S. The number of nitrogens with one attached hydrogen (secondary N) is 2. The molecule has 0 aromatic heterocycles. The van der Waals surface area contributed by atoms with Gasteiger partial charge in [0.05, 0.1) is 4.90 Å². The van der Waals surface area contributed by atoms with Crippen molar-refractivity contribution in [3.05, 3.63) is 29.1 Å². The Morgan fingerprint density at radius 1 is 1.30 bits per heavy atom. The van der Waals surface area contributed by atoms with Crippen LogP contribution in [0.4, 0.5) is 4.39 Å². The second kappa shape index (κ2) is 7.15. The highest BCUT2D eigenvalue weighted by Crippen LogP contribution is 2.21. The van der Waals surface area contributed by atoms with Crippen molar-refractivity contribution in [2.75, 3.05) is 6.54 Å². The average molecular weight is 302 g/mol. The molecule has 0 fully saturated rings. The molecule has 0 saturated heterocycles. The summed E-state index contributed by atoms with van der Waals surface area (Å²) < 4.78 is 41.1. The molecule has 0 aliphatic rings. The van der Waals surface area contributed by atoms with Gasteiger partial charge in [-0.25, -0.2) is 17.5 Å². The lowest BCUT2D eigenvalue weighted by molar-refractivity contribution is 0.551. The van der Waals surface area contributed by atoms with Crippen molar-refractivity contribution in [2.24, 2.45) is 0 Å². The molecule has 1 aromatic rings. The van der Waals surface area contributed by atoms with Crippen molar-refractivity contribution >= 4 is 10.0 Å². The van der Waals surface area contributed by atoms with E-state index in [1.165, 1.54) is 19.1 Å². The maximum absolute atomic E-state index is 13.9. The van der Waals surface area contributed by atoms with E-state index in [-0.39, 0.29) is 16.5 Å². The number of hydrogen-bond acceptors (Lipinski definition) is 3. The fraction of sp³-hybridized carbons (Fsp3) is 0.571. The average Bonchev–Trinajstić information content (AvgIpc) is 2.39. The summed E-state index contributed by atoms with van der Waals surface area (Å²) in [5.41, 5.74) is 0.778. The molecule has 0 aliphatic carbocycles. The van der Waals surface area contributed by atoms with Gasteiger partial charge in [0.25, 0.3) is 0 Å². The van der Waals surface area contributed by atoms with E-state index in [4.69, 9.17) is 0 Å². The van der Waals surface area contributed by atoms with Crippen molar-refractivity contribution in [1.29, 1.82) is 0 Å². The predicted octanol–water partition coefficient (Wildman–Crippen LogP) is 2.32. The third kappa shape index (κ3) is 4.26. The highest BCUT2D eigenvalue weighted by Gasteiger charge is 2.21. The van der Waals surface area contributed by atoms with Gasteiger partial charge in [-0.2, -0.15) is 0 Å². The van der Waals surface area contributed by atoms with Gasteiger partial charge in [0.15, 0.2) is 0 Å². The molecule has 4 nitrogen and oxygen atoms in total. The summed E-state index contributed by atoms with van der Waals surface area (Å²) in [6.45, 7) is 8.28. The van der Waals surface area contributed by atoms with Gasteiger partial charge in [-0.15, -0.1) is 0 Å². The van der Waals surface area contributed by atoms with Crippen LogP contribution in [0.3, 0.4) is 0 Å². The zero-order valence-electron chi connectivity index (χ0n) is 12.5. The number of rotatable bonds is 7. The van der Waals surface area contributed by atoms with E-state index in [0.717, 1.165) is 6.54 Å². The largest absolute Gasteiger partial charge is 0.313 e. The first-order valence-electron chi connectivity index (χ1n) is 6.83. The fourth-order valence-electron chi connectivity index (χ4n) is 1.77. The van der Waals surface area contributed by atoms with E-state index in [1.54, 1.807) is 6.92 Å². The zero-order valence-corrected chi connectivity index (χ0v) is 13.3. The Bertz CT molecular complexity index is 559. The van der Waals surface area contributed by atoms with Gasteiger partial charge in [-0.05, 0) is 44.5 Å². The summed E-state index contributed by atoms with van der Waals surface area (Å²) >= 11 is 0. The molecule has 114 valence electrons. The van der Waals surface area contributed by atoms with Crippen molar-refractivity contribution < 1.29 is 12.8 Å². The van der Waals surface area contributed by atoms with Crippen LogP contribution < -0.4 is 10.0 Å². The van der Waals surface area contributed by atoms with Crippen molar-refractivity contribution in [1.82, 2.24) is 10.0 Å². The van der Waals surface area contributed by atoms with Crippen LogP contribution in [0.1, 0.15) is 38.3 Å². The summed E-state index contributed by atoms with van der Waals surface area (Å²) in [7, 11) is -3.69. The van der Waals surface area contributed by atoms with E-state index < -0.39 is 15.8 Å². The molecule has 1 atom stereocenters. The van der Waals surface area contributed by atoms with E-state index in [2.05, 4.69) is 10.0 Å². The monoisotopic (exact) mass is 302 g/mol. The van der Waals surface area contributed by atoms with Gasteiger partial charge in [-0.1, -0.05) is 13.8 Å². The SMILES string of the molecule is CCNCc1cc(F)c(C)c(S(=O)(=O)NC(C)CC)c1. The molecule has 0 bridgehead atoms. The van der Waals surface area contributed by atoms with E-state index >= 15 is 0 Å². The van der Waals surface area contributed by atoms with Gasteiger partial charge in [-0.3, -0.25) is 0 Å². The summed E-state index contributed by atoms with van der Waals surface area (Å²) in [6, 6.07) is 2.73. The standard InChI is InChI=1S/C14H23FN2O2S/c1-5-10(3)17-20(18,19)14-8-12(9-16-6-2)7-13(15)11(14)4/h7-8,10,16-17H,5-6,9H2,1-4H3. The lowest BCUT2D eigenvalue weighted by atomic mass is 10.1. The molecule has 0 saturated carbocycles. The van der Waals surface area contributed by atoms with E-state index in [9.17, 15) is 12.8 Å². The van der Waals surface area contributed by atoms with Crippen LogP contribution in [0.25, 0.3) is 0 Å². The molecule has 0 spiro atoms. The minimum atomic E-state index is -3.69. The number of halogens is 1. The second-order valence-electron chi connectivity index (χ2n) is 4.91. The Morgan fingerprint density at radius 3 is 2.50 bits per heavy atom. The molecule has 0 amide bonds. The van der Waals surface area contributed by atoms with Crippen LogP contribution in [-0.4, -0.2) is 21.0 Å². The van der Waals surface area contributed by atoms with E-state index in [0.29, 0.717) is 18.5 Å². The second-order valence-corrected chi connectivity index (χ2v) is 6.59. The first-order valence-corrected chi connectivity index (χ1v) is 8.32. The molecule has 0 aliphatic heterocycles. The third-order valence-corrected chi connectivity index (χ3v) is 4.91. The Hall–Kier alpha value is -0.980. The lowest BCUT2D eigenvalue weighted by Gasteiger charge is -2.15. The fourth-order valence-corrected chi connectivity index (χ4v) is 3.40. The van der Waals surface area contributed by atoms with Gasteiger partial charge < -0.3 is 5.32 Å². The van der Waals surface area contributed by atoms with Crippen LogP contribution in [-0.2, 0) is 16.6 Å². The molecule has 6 heteroatoms. The Morgan fingerprint density at radius 2 is 1.95 bits per heavy atom. The quantitative estimate of drug-likeness (QED) is 0.812. The van der Waals surface area contributed by atoms with Gasteiger partial charge >= 0.3 is 0 Å². The molecule has 2 N–H and O–H groups in total. The normalized spacial score (nSPS) is 13.4. The number of hydrogen-bond donors (Lipinski definition) is 2. The summed E-state index contributed by atoms with van der Waals surface area (Å²) in [4.78, 5) is 0.0192. The zero-order chi connectivity index (χ0) is 15.3. The first kappa shape index (κ1) is 17.1. The molecule has 1 unspecified atom stereocenters. The molecule has 0 radical (unpaired) electrons. The summed E-state index contributed by atoms with van der Waals surface area (Å²) in [5, 5.41) is 3.06. The summed E-state index contributed by atoms with van der Waals surface area (Å²) in [5.74, 6) is -0.495. The Balaban J connectivity index is 3.18. The van der Waals surface area contributed by atoms with Gasteiger partial charge in [0, 0.05) is 18.2 Å². The number of benzene rings is 1. The first-order chi connectivity index (χ1) is 9.31. The highest BCUT2D eigenvalue weighted by atomic mass is 32.2. The Kier molecular flexibility index (Phi) is 6.10. The lowest BCUT2D eigenvalue weighted by Crippen LogP contribution is -2.32. The molecule has 1 rings (SSSR count). The third-order valence-electron chi connectivity index (χ3n) is 3.19. The maximum atomic E-state index is 13.9. The van der Waals surface area contributed by atoms with Crippen molar-refractivity contribution in [2.45, 2.75) is 51.6 Å². The van der Waals surface area contributed by atoms with E-state index in [1.807, 2.05) is 13.8 Å². The topological polar surface area (TPSA) is 58.2 Å². The van der Waals surface area contributed by atoms with Crippen LogP contribution in [0.5, 0.6) is 0 Å². The number of sulfonamides is 1. The maximum Gasteiger partial charge on any atom is 0.241 e.